The summed E-state index contributed by atoms with van der Waals surface area (Å²) in [5.74, 6) is 0.978. The second kappa shape index (κ2) is 6.59. The van der Waals surface area contributed by atoms with Gasteiger partial charge in [0.05, 0.1) is 0 Å². The minimum Gasteiger partial charge on any atom is -0.484 e. The zero-order valence-electron chi connectivity index (χ0n) is 11.0. The molecule has 0 bridgehead atoms. The SMILES string of the molecule is ICC[C@H](O[14c]1cccc2ccccc21)c1cccs1. The van der Waals surface area contributed by atoms with Crippen LogP contribution >= 0.6 is 33.9 Å². The van der Waals surface area contributed by atoms with E-state index in [9.17, 15) is 0 Å². The van der Waals surface area contributed by atoms with Crippen molar-refractivity contribution in [3.63, 3.8) is 0 Å². The van der Waals surface area contributed by atoms with Gasteiger partial charge in [0, 0.05) is 14.7 Å². The van der Waals surface area contributed by atoms with E-state index in [1.807, 2.05) is 0 Å². The highest BCUT2D eigenvalue weighted by atomic mass is 127. The third-order valence-corrected chi connectivity index (χ3v) is 4.84. The van der Waals surface area contributed by atoms with Crippen molar-refractivity contribution >= 4 is 44.7 Å². The van der Waals surface area contributed by atoms with E-state index in [0.29, 0.717) is 0 Å². The number of fused-ring (bicyclic) bond motifs is 1. The van der Waals surface area contributed by atoms with Gasteiger partial charge in [-0.1, -0.05) is 65.1 Å². The van der Waals surface area contributed by atoms with Gasteiger partial charge >= 0.3 is 0 Å². The first-order valence-corrected chi connectivity index (χ1v) is 9.03. The van der Waals surface area contributed by atoms with Gasteiger partial charge in [0.2, 0.25) is 0 Å². The summed E-state index contributed by atoms with van der Waals surface area (Å²) >= 11 is 4.18. The number of halogens is 1. The van der Waals surface area contributed by atoms with Crippen molar-refractivity contribution in [2.75, 3.05) is 4.43 Å². The molecule has 0 amide bonds. The molecule has 0 radical (unpaired) electrons. The van der Waals surface area contributed by atoms with Gasteiger partial charge in [-0.25, -0.2) is 0 Å². The maximum absolute atomic E-state index is 6.32. The van der Waals surface area contributed by atoms with E-state index in [0.717, 1.165) is 16.6 Å². The van der Waals surface area contributed by atoms with Crippen LogP contribution in [0.25, 0.3) is 10.8 Å². The van der Waals surface area contributed by atoms with E-state index in [2.05, 4.69) is 82.6 Å². The number of alkyl halides is 1. The lowest BCUT2D eigenvalue weighted by atomic mass is 10.2. The molecule has 0 unspecified atom stereocenters. The number of hydrogen-bond acceptors (Lipinski definition) is 2. The van der Waals surface area contributed by atoms with E-state index in [1.54, 1.807) is 11.3 Å². The summed E-state index contributed by atoms with van der Waals surface area (Å²) in [5, 5.41) is 4.52. The molecule has 0 N–H and O–H groups in total. The number of hydrogen-bond donors (Lipinski definition) is 0. The minimum atomic E-state index is 0.151. The van der Waals surface area contributed by atoms with Gasteiger partial charge in [0.15, 0.2) is 0 Å². The van der Waals surface area contributed by atoms with Crippen LogP contribution in [-0.2, 0) is 0 Å². The van der Waals surface area contributed by atoms with Gasteiger partial charge in [-0.2, -0.15) is 0 Å². The second-order valence-corrected chi connectivity index (χ2v) is 6.63. The lowest BCUT2D eigenvalue weighted by Gasteiger charge is -2.18. The first-order chi connectivity index (χ1) is 9.88. The van der Waals surface area contributed by atoms with Gasteiger partial charge in [-0.15, -0.1) is 11.3 Å². The molecule has 1 atom stereocenters. The van der Waals surface area contributed by atoms with E-state index in [-0.39, 0.29) is 6.10 Å². The molecule has 3 rings (SSSR count). The van der Waals surface area contributed by atoms with Crippen LogP contribution in [0, 0.1) is 0 Å². The van der Waals surface area contributed by atoms with E-state index >= 15 is 0 Å². The Kier molecular flexibility index (Phi) is 4.58. The van der Waals surface area contributed by atoms with E-state index < -0.39 is 0 Å². The topological polar surface area (TPSA) is 9.23 Å². The highest BCUT2D eigenvalue weighted by molar-refractivity contribution is 14.1. The van der Waals surface area contributed by atoms with Crippen molar-refractivity contribution in [1.29, 1.82) is 0 Å². The van der Waals surface area contributed by atoms with E-state index in [1.165, 1.54) is 15.6 Å². The Hall–Kier alpha value is -1.07. The minimum absolute atomic E-state index is 0.151. The van der Waals surface area contributed by atoms with Crippen molar-refractivity contribution in [1.82, 2.24) is 0 Å². The van der Waals surface area contributed by atoms with Crippen molar-refractivity contribution < 1.29 is 4.74 Å². The molecule has 1 aromatic heterocycles. The lowest BCUT2D eigenvalue weighted by molar-refractivity contribution is 0.210. The molecular weight excluding hydrogens is 381 g/mol. The van der Waals surface area contributed by atoms with Crippen molar-refractivity contribution in [3.05, 3.63) is 64.9 Å². The molecular formula is C17H15IOS. The van der Waals surface area contributed by atoms with Crippen LogP contribution in [-0.4, -0.2) is 4.43 Å². The Balaban J connectivity index is 1.94. The lowest BCUT2D eigenvalue weighted by Crippen LogP contribution is -2.06. The molecule has 1 nitrogen and oxygen atoms in total. The van der Waals surface area contributed by atoms with Crippen molar-refractivity contribution in [2.24, 2.45) is 0 Å². The fourth-order valence-electron chi connectivity index (χ4n) is 2.28. The maximum Gasteiger partial charge on any atom is 0.134 e. The van der Waals surface area contributed by atoms with Crippen LogP contribution in [0.3, 0.4) is 0 Å². The van der Waals surface area contributed by atoms with Gasteiger partial charge < -0.3 is 4.74 Å². The highest BCUT2D eigenvalue weighted by Gasteiger charge is 2.15. The summed E-state index contributed by atoms with van der Waals surface area (Å²) < 4.78 is 7.41. The average molecular weight is 396 g/mol. The quantitative estimate of drug-likeness (QED) is 0.389. The average Bonchev–Trinajstić information content (AvgIpc) is 3.01. The zero-order valence-corrected chi connectivity index (χ0v) is 13.9. The Morgan fingerprint density at radius 2 is 1.95 bits per heavy atom. The van der Waals surface area contributed by atoms with Gasteiger partial charge in [0.1, 0.15) is 11.9 Å². The van der Waals surface area contributed by atoms with Crippen LogP contribution in [0.15, 0.2) is 60.0 Å². The molecule has 3 aromatic rings. The Labute approximate surface area is 136 Å². The number of ether oxygens (including phenoxy) is 1. The molecule has 0 fully saturated rings. The van der Waals surface area contributed by atoms with Crippen molar-refractivity contribution in [2.45, 2.75) is 12.5 Å². The third-order valence-electron chi connectivity index (χ3n) is 3.25. The van der Waals surface area contributed by atoms with Crippen LogP contribution < -0.4 is 4.74 Å². The Morgan fingerprint density at radius 1 is 1.10 bits per heavy atom. The van der Waals surface area contributed by atoms with Gasteiger partial charge in [-0.3, -0.25) is 0 Å². The number of rotatable bonds is 5. The summed E-state index contributed by atoms with van der Waals surface area (Å²) in [4.78, 5) is 1.30. The van der Waals surface area contributed by atoms with Crippen molar-refractivity contribution in [3.8, 4) is 5.75 Å². The summed E-state index contributed by atoms with van der Waals surface area (Å²) in [6.07, 6.45) is 1.18. The molecule has 0 spiro atoms. The fourth-order valence-corrected chi connectivity index (χ4v) is 3.64. The summed E-state index contributed by atoms with van der Waals surface area (Å²) in [6, 6.07) is 18.9. The molecule has 0 saturated heterocycles. The first kappa shape index (κ1) is 13.9. The monoisotopic (exact) mass is 396 g/mol. The smallest absolute Gasteiger partial charge is 0.134 e. The van der Waals surface area contributed by atoms with Crippen LogP contribution in [0.5, 0.6) is 5.75 Å². The standard InChI is InChI=1S/C17H15IOS/c18-11-10-16(17-9-4-12-20-17)19-15-8-3-6-13-5-1-2-7-14(13)15/h1-9,12,16H,10-11H2/t16-/m0/s1/i15+2. The number of thiophene rings is 1. The maximum atomic E-state index is 6.32. The normalized spacial score (nSPS) is 12.4. The van der Waals surface area contributed by atoms with Gasteiger partial charge in [-0.05, 0) is 29.3 Å². The third kappa shape index (κ3) is 2.99. The molecule has 102 valence electrons. The molecule has 0 saturated carbocycles. The van der Waals surface area contributed by atoms with Gasteiger partial charge in [0.25, 0.3) is 0 Å². The molecule has 0 aliphatic rings. The molecule has 0 aliphatic carbocycles. The molecule has 3 heteroatoms. The van der Waals surface area contributed by atoms with Crippen LogP contribution in [0.1, 0.15) is 17.4 Å². The largest absolute Gasteiger partial charge is 0.484 e. The van der Waals surface area contributed by atoms with Crippen LogP contribution in [0.2, 0.25) is 0 Å². The van der Waals surface area contributed by atoms with Crippen LogP contribution in [0.4, 0.5) is 0 Å². The fraction of sp³-hybridized carbons (Fsp3) is 0.176. The number of benzene rings is 2. The van der Waals surface area contributed by atoms with E-state index in [4.69, 9.17) is 4.74 Å². The predicted molar refractivity (Wildman–Crippen MR) is 95.1 cm³/mol. The molecule has 1 heterocycles. The molecule has 0 aliphatic heterocycles. The molecule has 2 aromatic carbocycles. The summed E-state index contributed by atoms with van der Waals surface area (Å²) in [5.41, 5.74) is 0. The summed E-state index contributed by atoms with van der Waals surface area (Å²) in [6.45, 7) is 0. The summed E-state index contributed by atoms with van der Waals surface area (Å²) in [7, 11) is 0. The second-order valence-electron chi connectivity index (χ2n) is 4.58. The first-order valence-electron chi connectivity index (χ1n) is 6.62. The molecule has 20 heavy (non-hydrogen) atoms. The Bertz CT molecular complexity index is 673. The predicted octanol–water partition coefficient (Wildman–Crippen LogP) is 5.85. The highest BCUT2D eigenvalue weighted by Crippen LogP contribution is 2.32. The zero-order chi connectivity index (χ0) is 13.8. The Morgan fingerprint density at radius 3 is 2.75 bits per heavy atom.